The van der Waals surface area contributed by atoms with Gasteiger partial charge in [0, 0.05) is 27.6 Å². The molecular weight excluding hydrogens is 410 g/mol. The molecule has 0 radical (unpaired) electrons. The highest BCUT2D eigenvalue weighted by Crippen LogP contribution is 2.27. The summed E-state index contributed by atoms with van der Waals surface area (Å²) in [5, 5.41) is 7.40. The summed E-state index contributed by atoms with van der Waals surface area (Å²) in [6.07, 6.45) is 1.58. The average Bonchev–Trinajstić information content (AvgIpc) is 2.79. The van der Waals surface area contributed by atoms with E-state index in [9.17, 15) is 4.79 Å². The molecular formula is C22H25N7O3. The fourth-order valence-electron chi connectivity index (χ4n) is 2.64. The quantitative estimate of drug-likeness (QED) is 0.227. The van der Waals surface area contributed by atoms with Crippen molar-refractivity contribution < 1.29 is 14.3 Å². The highest BCUT2D eigenvalue weighted by Gasteiger charge is 2.09. The lowest BCUT2D eigenvalue weighted by Gasteiger charge is -2.13. The molecule has 0 aliphatic rings. The van der Waals surface area contributed by atoms with Gasteiger partial charge in [0.05, 0.1) is 13.3 Å². The number of anilines is 3. The first-order valence-electron chi connectivity index (χ1n) is 9.81. The van der Waals surface area contributed by atoms with E-state index in [0.717, 1.165) is 11.1 Å². The second kappa shape index (κ2) is 10.7. The molecule has 1 aromatic heterocycles. The van der Waals surface area contributed by atoms with Crippen molar-refractivity contribution in [3.63, 3.8) is 0 Å². The van der Waals surface area contributed by atoms with E-state index >= 15 is 0 Å². The van der Waals surface area contributed by atoms with Crippen LogP contribution in [0, 0.1) is 0 Å². The number of ether oxygens (including phenoxy) is 2. The smallest absolute Gasteiger partial charge is 0.308 e. The molecule has 0 saturated heterocycles. The van der Waals surface area contributed by atoms with Gasteiger partial charge in [-0.1, -0.05) is 30.3 Å². The fraction of sp³-hybridized carbons (Fsp3) is 0.227. The molecule has 3 rings (SSSR count). The molecule has 0 spiro atoms. The summed E-state index contributed by atoms with van der Waals surface area (Å²) in [7, 11) is 5.19. The van der Waals surface area contributed by atoms with Crippen LogP contribution in [0.3, 0.4) is 0 Å². The van der Waals surface area contributed by atoms with Crippen LogP contribution < -0.4 is 25.1 Å². The molecule has 166 valence electrons. The Morgan fingerprint density at radius 1 is 1.06 bits per heavy atom. The second-order valence-corrected chi connectivity index (χ2v) is 6.89. The Bertz CT molecular complexity index is 1090. The van der Waals surface area contributed by atoms with Crippen molar-refractivity contribution in [1.82, 2.24) is 15.0 Å². The molecule has 2 aromatic carbocycles. The Morgan fingerprint density at radius 2 is 1.81 bits per heavy atom. The number of rotatable bonds is 9. The molecule has 0 fully saturated rings. The van der Waals surface area contributed by atoms with E-state index in [2.05, 4.69) is 30.8 Å². The van der Waals surface area contributed by atoms with Crippen molar-refractivity contribution in [2.24, 2.45) is 5.10 Å². The molecule has 2 N–H and O–H groups in total. The van der Waals surface area contributed by atoms with Gasteiger partial charge in [-0.15, -0.1) is 0 Å². The normalized spacial score (nSPS) is 10.6. The Balaban J connectivity index is 1.72. The van der Waals surface area contributed by atoms with Crippen LogP contribution in [-0.2, 0) is 11.3 Å². The number of hydrogen-bond acceptors (Lipinski definition) is 10. The first kappa shape index (κ1) is 22.5. The van der Waals surface area contributed by atoms with Crippen molar-refractivity contribution in [1.29, 1.82) is 0 Å². The summed E-state index contributed by atoms with van der Waals surface area (Å²) in [4.78, 5) is 26.1. The highest BCUT2D eigenvalue weighted by molar-refractivity contribution is 5.82. The van der Waals surface area contributed by atoms with Gasteiger partial charge in [-0.05, 0) is 29.3 Å². The fourth-order valence-corrected chi connectivity index (χ4v) is 2.64. The molecule has 0 unspecified atom stereocenters. The van der Waals surface area contributed by atoms with E-state index in [1.165, 1.54) is 14.0 Å². The van der Waals surface area contributed by atoms with Crippen LogP contribution in [-0.4, -0.2) is 48.3 Å². The minimum atomic E-state index is -0.422. The molecule has 0 saturated carbocycles. The van der Waals surface area contributed by atoms with Gasteiger partial charge in [0.15, 0.2) is 11.5 Å². The Labute approximate surface area is 186 Å². The number of nitrogens with zero attached hydrogens (tertiary/aromatic N) is 5. The second-order valence-electron chi connectivity index (χ2n) is 6.89. The van der Waals surface area contributed by atoms with Crippen molar-refractivity contribution in [2.75, 3.05) is 36.8 Å². The highest BCUT2D eigenvalue weighted by atomic mass is 16.6. The van der Waals surface area contributed by atoms with E-state index in [0.29, 0.717) is 35.9 Å². The van der Waals surface area contributed by atoms with Gasteiger partial charge in [0.2, 0.25) is 17.8 Å². The molecule has 32 heavy (non-hydrogen) atoms. The molecule has 3 aromatic rings. The Hall–Kier alpha value is -4.21. The third kappa shape index (κ3) is 6.39. The van der Waals surface area contributed by atoms with Crippen molar-refractivity contribution in [3.8, 4) is 11.5 Å². The SMILES string of the molecule is COc1cc(/C=N/Nc2nc(NCc3ccccc3)nc(N(C)C)n2)ccc1OC(C)=O. The standard InChI is InChI=1S/C22H25N7O3/c1-15(30)32-18-11-10-17(12-19(18)31-4)14-24-28-21-25-20(26-22(27-21)29(2)3)23-13-16-8-6-5-7-9-16/h5-12,14H,13H2,1-4H3,(H2,23,25,26,27,28)/b24-14+. The van der Waals surface area contributed by atoms with Crippen LogP contribution in [0.15, 0.2) is 53.6 Å². The number of carbonyl (C=O) groups is 1. The number of benzene rings is 2. The molecule has 0 atom stereocenters. The molecule has 10 heteroatoms. The summed E-state index contributed by atoms with van der Waals surface area (Å²) in [6, 6.07) is 15.1. The monoisotopic (exact) mass is 435 g/mol. The van der Waals surface area contributed by atoms with E-state index < -0.39 is 5.97 Å². The van der Waals surface area contributed by atoms with Crippen molar-refractivity contribution in [3.05, 3.63) is 59.7 Å². The summed E-state index contributed by atoms with van der Waals surface area (Å²) < 4.78 is 10.4. The van der Waals surface area contributed by atoms with Crippen molar-refractivity contribution >= 4 is 30.0 Å². The number of hydrazone groups is 1. The Kier molecular flexibility index (Phi) is 7.52. The van der Waals surface area contributed by atoms with Crippen LogP contribution in [0.25, 0.3) is 0 Å². The zero-order chi connectivity index (χ0) is 22.9. The summed E-state index contributed by atoms with van der Waals surface area (Å²) in [5.41, 5.74) is 4.67. The van der Waals surface area contributed by atoms with Gasteiger partial charge in [-0.3, -0.25) is 4.79 Å². The third-order valence-corrected chi connectivity index (χ3v) is 4.14. The number of carbonyl (C=O) groups excluding carboxylic acids is 1. The van der Waals surface area contributed by atoms with Crippen LogP contribution in [0.5, 0.6) is 11.5 Å². The number of hydrogen-bond donors (Lipinski definition) is 2. The first-order chi connectivity index (χ1) is 15.4. The molecule has 0 aliphatic heterocycles. The van der Waals surface area contributed by atoms with E-state index in [-0.39, 0.29) is 0 Å². The number of esters is 1. The molecule has 10 nitrogen and oxygen atoms in total. The zero-order valence-corrected chi connectivity index (χ0v) is 18.4. The molecule has 1 heterocycles. The lowest BCUT2D eigenvalue weighted by atomic mass is 10.2. The Morgan fingerprint density at radius 3 is 2.50 bits per heavy atom. The maximum absolute atomic E-state index is 11.2. The van der Waals surface area contributed by atoms with E-state index in [1.54, 1.807) is 29.3 Å². The molecule has 0 aliphatic carbocycles. The summed E-state index contributed by atoms with van der Waals surface area (Å²) >= 11 is 0. The third-order valence-electron chi connectivity index (χ3n) is 4.14. The maximum atomic E-state index is 11.2. The van der Waals surface area contributed by atoms with Gasteiger partial charge in [-0.2, -0.15) is 20.1 Å². The van der Waals surface area contributed by atoms with Crippen LogP contribution in [0.2, 0.25) is 0 Å². The van der Waals surface area contributed by atoms with Gasteiger partial charge in [0.25, 0.3) is 0 Å². The zero-order valence-electron chi connectivity index (χ0n) is 18.4. The first-order valence-corrected chi connectivity index (χ1v) is 9.81. The largest absolute Gasteiger partial charge is 0.493 e. The number of aromatic nitrogens is 3. The molecule has 0 bridgehead atoms. The predicted molar refractivity (Wildman–Crippen MR) is 123 cm³/mol. The summed E-state index contributed by atoms with van der Waals surface area (Å²) in [6.45, 7) is 1.91. The lowest BCUT2D eigenvalue weighted by molar-refractivity contribution is -0.132. The van der Waals surface area contributed by atoms with E-state index in [1.807, 2.05) is 44.4 Å². The van der Waals surface area contributed by atoms with Crippen LogP contribution >= 0.6 is 0 Å². The number of methoxy groups -OCH3 is 1. The molecule has 0 amide bonds. The van der Waals surface area contributed by atoms with Gasteiger partial charge in [0.1, 0.15) is 0 Å². The lowest BCUT2D eigenvalue weighted by Crippen LogP contribution is -2.16. The minimum Gasteiger partial charge on any atom is -0.493 e. The summed E-state index contributed by atoms with van der Waals surface area (Å²) in [5.74, 6) is 1.55. The van der Waals surface area contributed by atoms with Gasteiger partial charge >= 0.3 is 5.97 Å². The van der Waals surface area contributed by atoms with Gasteiger partial charge < -0.3 is 19.7 Å². The average molecular weight is 435 g/mol. The van der Waals surface area contributed by atoms with E-state index in [4.69, 9.17) is 9.47 Å². The minimum absolute atomic E-state index is 0.291. The topological polar surface area (TPSA) is 114 Å². The van der Waals surface area contributed by atoms with Crippen LogP contribution in [0.1, 0.15) is 18.1 Å². The number of nitrogens with one attached hydrogen (secondary N) is 2. The maximum Gasteiger partial charge on any atom is 0.308 e. The van der Waals surface area contributed by atoms with Gasteiger partial charge in [-0.25, -0.2) is 5.43 Å². The van der Waals surface area contributed by atoms with Crippen LogP contribution in [0.4, 0.5) is 17.8 Å². The van der Waals surface area contributed by atoms with Crippen molar-refractivity contribution in [2.45, 2.75) is 13.5 Å². The predicted octanol–water partition coefficient (Wildman–Crippen LogP) is 2.93.